The topological polar surface area (TPSA) is 18.5 Å². The van der Waals surface area contributed by atoms with Crippen LogP contribution in [0, 0.1) is 0 Å². The van der Waals surface area contributed by atoms with Crippen molar-refractivity contribution < 1.29 is 0 Å². The molecule has 1 aliphatic rings. The van der Waals surface area contributed by atoms with Gasteiger partial charge in [0.15, 0.2) is 0 Å². The van der Waals surface area contributed by atoms with Gasteiger partial charge in [-0.05, 0) is 58.6 Å². The Hall–Kier alpha value is -0.580. The number of piperidine rings is 1. The van der Waals surface area contributed by atoms with E-state index in [9.17, 15) is 0 Å². The van der Waals surface area contributed by atoms with Crippen LogP contribution >= 0.6 is 15.9 Å². The third-order valence-electron chi connectivity index (χ3n) is 4.43. The Labute approximate surface area is 131 Å². The normalized spacial score (nSPS) is 18.6. The second kappa shape index (κ2) is 6.92. The summed E-state index contributed by atoms with van der Waals surface area (Å²) in [6, 6.07) is 7.74. The summed E-state index contributed by atoms with van der Waals surface area (Å²) in [6.45, 7) is 4.50. The molecule has 0 radical (unpaired) electrons. The van der Waals surface area contributed by atoms with Gasteiger partial charge in [-0.3, -0.25) is 0 Å². The maximum atomic E-state index is 3.61. The lowest BCUT2D eigenvalue weighted by Crippen LogP contribution is -2.42. The first kappa shape index (κ1) is 15.8. The highest BCUT2D eigenvalue weighted by Gasteiger charge is 2.23. The van der Waals surface area contributed by atoms with Gasteiger partial charge in [-0.15, -0.1) is 0 Å². The van der Waals surface area contributed by atoms with Crippen LogP contribution in [-0.4, -0.2) is 45.2 Å². The molecule has 1 atom stereocenters. The van der Waals surface area contributed by atoms with Crippen LogP contribution < -0.4 is 10.2 Å². The van der Waals surface area contributed by atoms with Gasteiger partial charge in [-0.2, -0.15) is 0 Å². The molecule has 1 unspecified atom stereocenters. The zero-order valence-corrected chi connectivity index (χ0v) is 14.6. The van der Waals surface area contributed by atoms with Crippen molar-refractivity contribution in [3.63, 3.8) is 0 Å². The number of halogens is 1. The number of anilines is 1. The fraction of sp³-hybridized carbons (Fsp3) is 0.625. The molecule has 20 heavy (non-hydrogen) atoms. The van der Waals surface area contributed by atoms with Gasteiger partial charge < -0.3 is 15.1 Å². The molecule has 1 heterocycles. The molecule has 3 nitrogen and oxygen atoms in total. The van der Waals surface area contributed by atoms with E-state index < -0.39 is 0 Å². The fourth-order valence-corrected chi connectivity index (χ4v) is 3.28. The van der Waals surface area contributed by atoms with Gasteiger partial charge >= 0.3 is 0 Å². The largest absolute Gasteiger partial charge is 0.371 e. The van der Waals surface area contributed by atoms with Crippen LogP contribution in [0.2, 0.25) is 0 Å². The fourth-order valence-electron chi connectivity index (χ4n) is 2.94. The van der Waals surface area contributed by atoms with Crippen molar-refractivity contribution in [3.05, 3.63) is 28.2 Å². The number of nitrogens with zero attached hydrogens (tertiary/aromatic N) is 2. The first-order chi connectivity index (χ1) is 9.52. The number of rotatable bonds is 4. The van der Waals surface area contributed by atoms with Crippen LogP contribution in [-0.2, 0) is 0 Å². The standard InChI is InChI=1S/C16H26BrN3/c1-12(18-2)15-6-5-13(17)11-16(15)20-9-7-14(8-10-20)19(3)4/h5-6,11-12,14,18H,7-10H2,1-4H3. The Morgan fingerprint density at radius 3 is 2.50 bits per heavy atom. The van der Waals surface area contributed by atoms with Crippen LogP contribution in [0.25, 0.3) is 0 Å². The number of benzene rings is 1. The summed E-state index contributed by atoms with van der Waals surface area (Å²) in [5.41, 5.74) is 2.76. The van der Waals surface area contributed by atoms with Crippen molar-refractivity contribution >= 4 is 21.6 Å². The average molecular weight is 340 g/mol. The molecule has 0 spiro atoms. The molecular formula is C16H26BrN3. The summed E-state index contributed by atoms with van der Waals surface area (Å²) in [6.07, 6.45) is 2.49. The highest BCUT2D eigenvalue weighted by atomic mass is 79.9. The van der Waals surface area contributed by atoms with Crippen molar-refractivity contribution in [1.29, 1.82) is 0 Å². The lowest BCUT2D eigenvalue weighted by molar-refractivity contribution is 0.249. The Morgan fingerprint density at radius 2 is 1.95 bits per heavy atom. The first-order valence-electron chi connectivity index (χ1n) is 7.41. The molecule has 1 aromatic carbocycles. The summed E-state index contributed by atoms with van der Waals surface area (Å²) in [5, 5.41) is 3.36. The lowest BCUT2D eigenvalue weighted by atomic mass is 10.00. The molecule has 112 valence electrons. The van der Waals surface area contributed by atoms with Crippen LogP contribution in [0.4, 0.5) is 5.69 Å². The molecule has 1 N–H and O–H groups in total. The smallest absolute Gasteiger partial charge is 0.0425 e. The van der Waals surface area contributed by atoms with Crippen molar-refractivity contribution in [1.82, 2.24) is 10.2 Å². The van der Waals surface area contributed by atoms with E-state index >= 15 is 0 Å². The van der Waals surface area contributed by atoms with E-state index in [0.29, 0.717) is 6.04 Å². The average Bonchev–Trinajstić information content (AvgIpc) is 2.46. The molecule has 1 saturated heterocycles. The van der Waals surface area contributed by atoms with Gasteiger partial charge in [-0.1, -0.05) is 22.0 Å². The molecule has 0 aliphatic carbocycles. The second-order valence-electron chi connectivity index (χ2n) is 5.90. The highest BCUT2D eigenvalue weighted by molar-refractivity contribution is 9.10. The molecule has 4 heteroatoms. The third-order valence-corrected chi connectivity index (χ3v) is 4.92. The maximum Gasteiger partial charge on any atom is 0.0425 e. The van der Waals surface area contributed by atoms with Crippen molar-refractivity contribution in [2.45, 2.75) is 31.8 Å². The molecule has 0 bridgehead atoms. The Bertz CT molecular complexity index is 439. The zero-order chi connectivity index (χ0) is 14.7. The maximum absolute atomic E-state index is 3.61. The van der Waals surface area contributed by atoms with E-state index in [-0.39, 0.29) is 0 Å². The Balaban J connectivity index is 2.18. The molecule has 1 aromatic rings. The minimum Gasteiger partial charge on any atom is -0.371 e. The predicted molar refractivity (Wildman–Crippen MR) is 90.5 cm³/mol. The molecule has 1 aliphatic heterocycles. The molecule has 0 saturated carbocycles. The SMILES string of the molecule is CNC(C)c1ccc(Br)cc1N1CCC(N(C)C)CC1. The zero-order valence-electron chi connectivity index (χ0n) is 13.0. The Morgan fingerprint density at radius 1 is 1.30 bits per heavy atom. The van der Waals surface area contributed by atoms with Crippen molar-refractivity contribution in [2.24, 2.45) is 0 Å². The van der Waals surface area contributed by atoms with E-state index in [1.165, 1.54) is 24.1 Å². The molecular weight excluding hydrogens is 314 g/mol. The first-order valence-corrected chi connectivity index (χ1v) is 8.20. The predicted octanol–water partition coefficient (Wildman–Crippen LogP) is 3.26. The van der Waals surface area contributed by atoms with Crippen LogP contribution in [0.1, 0.15) is 31.4 Å². The van der Waals surface area contributed by atoms with E-state index in [0.717, 1.165) is 23.6 Å². The number of nitrogens with one attached hydrogen (secondary N) is 1. The summed E-state index contributed by atoms with van der Waals surface area (Å²) in [7, 11) is 6.40. The van der Waals surface area contributed by atoms with E-state index in [4.69, 9.17) is 0 Å². The lowest BCUT2D eigenvalue weighted by Gasteiger charge is -2.38. The molecule has 1 fully saturated rings. The number of hydrogen-bond donors (Lipinski definition) is 1. The van der Waals surface area contributed by atoms with Gasteiger partial charge in [0.25, 0.3) is 0 Å². The van der Waals surface area contributed by atoms with Gasteiger partial charge in [0.2, 0.25) is 0 Å². The van der Waals surface area contributed by atoms with Gasteiger partial charge in [0, 0.05) is 35.3 Å². The van der Waals surface area contributed by atoms with E-state index in [1.54, 1.807) is 0 Å². The monoisotopic (exact) mass is 339 g/mol. The van der Waals surface area contributed by atoms with Crippen molar-refractivity contribution in [3.8, 4) is 0 Å². The van der Waals surface area contributed by atoms with Gasteiger partial charge in [0.05, 0.1) is 0 Å². The third kappa shape index (κ3) is 3.54. The summed E-state index contributed by atoms with van der Waals surface area (Å²) >= 11 is 3.61. The summed E-state index contributed by atoms with van der Waals surface area (Å²) < 4.78 is 1.16. The number of hydrogen-bond acceptors (Lipinski definition) is 3. The molecule has 0 aromatic heterocycles. The minimum absolute atomic E-state index is 0.379. The summed E-state index contributed by atoms with van der Waals surface area (Å²) in [5.74, 6) is 0. The van der Waals surface area contributed by atoms with Gasteiger partial charge in [-0.25, -0.2) is 0 Å². The Kier molecular flexibility index (Phi) is 5.47. The van der Waals surface area contributed by atoms with Crippen LogP contribution in [0.3, 0.4) is 0 Å². The summed E-state index contributed by atoms with van der Waals surface area (Å²) in [4.78, 5) is 4.89. The molecule has 0 amide bonds. The van der Waals surface area contributed by atoms with Crippen LogP contribution in [0.5, 0.6) is 0 Å². The quantitative estimate of drug-likeness (QED) is 0.908. The van der Waals surface area contributed by atoms with Crippen LogP contribution in [0.15, 0.2) is 22.7 Å². The van der Waals surface area contributed by atoms with E-state index in [2.05, 4.69) is 70.3 Å². The highest BCUT2D eigenvalue weighted by Crippen LogP contribution is 2.31. The van der Waals surface area contributed by atoms with Crippen molar-refractivity contribution in [2.75, 3.05) is 39.1 Å². The van der Waals surface area contributed by atoms with E-state index in [1.807, 2.05) is 7.05 Å². The van der Waals surface area contributed by atoms with Gasteiger partial charge in [0.1, 0.15) is 0 Å². The second-order valence-corrected chi connectivity index (χ2v) is 6.81. The minimum atomic E-state index is 0.379. The molecule has 2 rings (SSSR count).